The molecule has 1 aromatic carbocycles. The lowest BCUT2D eigenvalue weighted by atomic mass is 10.1. The zero-order valence-corrected chi connectivity index (χ0v) is 20.0. The predicted octanol–water partition coefficient (Wildman–Crippen LogP) is 3.77. The van der Waals surface area contributed by atoms with Gasteiger partial charge in [-0.2, -0.15) is 0 Å². The zero-order valence-electron chi connectivity index (χ0n) is 17.6. The van der Waals surface area contributed by atoms with Crippen molar-refractivity contribution in [1.29, 1.82) is 0 Å². The summed E-state index contributed by atoms with van der Waals surface area (Å²) >= 11 is 7.52. The number of fused-ring (bicyclic) bond motifs is 2. The van der Waals surface area contributed by atoms with Gasteiger partial charge in [0.15, 0.2) is 5.01 Å². The second-order valence-electron chi connectivity index (χ2n) is 8.38. The Labute approximate surface area is 201 Å². The Morgan fingerprint density at radius 3 is 2.72 bits per heavy atom. The largest absolute Gasteiger partial charge is 0.351 e. The van der Waals surface area contributed by atoms with Crippen LogP contribution in [0.2, 0.25) is 5.02 Å². The first-order valence-electron chi connectivity index (χ1n) is 10.5. The summed E-state index contributed by atoms with van der Waals surface area (Å²) in [7, 11) is 2.08. The summed E-state index contributed by atoms with van der Waals surface area (Å²) < 4.78 is 0. The highest BCUT2D eigenvalue weighted by Crippen LogP contribution is 2.26. The highest BCUT2D eigenvalue weighted by molar-refractivity contribution is 7.13. The first-order chi connectivity index (χ1) is 15.0. The number of hydrogen-bond acceptors (Lipinski definition) is 5. The Hall–Kier alpha value is -2.13. The lowest BCUT2D eigenvalue weighted by molar-refractivity contribution is 0.0889. The van der Waals surface area contributed by atoms with Gasteiger partial charge in [0.2, 0.25) is 0 Å². The molecule has 170 valence electrons. The molecule has 32 heavy (non-hydrogen) atoms. The van der Waals surface area contributed by atoms with E-state index in [4.69, 9.17) is 11.6 Å². The molecule has 10 heteroatoms. The number of aromatic amines is 1. The topological polar surface area (TPSA) is 90.1 Å². The summed E-state index contributed by atoms with van der Waals surface area (Å²) in [5.74, 6) is -0.320. The van der Waals surface area contributed by atoms with Crippen LogP contribution in [0.4, 0.5) is 0 Å². The van der Waals surface area contributed by atoms with E-state index in [0.29, 0.717) is 15.7 Å². The van der Waals surface area contributed by atoms with Crippen LogP contribution >= 0.6 is 35.3 Å². The van der Waals surface area contributed by atoms with Gasteiger partial charge in [-0.1, -0.05) is 11.6 Å². The van der Waals surface area contributed by atoms with Gasteiger partial charge in [-0.15, -0.1) is 23.7 Å². The van der Waals surface area contributed by atoms with E-state index in [1.54, 1.807) is 12.1 Å². The second kappa shape index (κ2) is 9.39. The third-order valence-corrected chi connectivity index (χ3v) is 7.41. The van der Waals surface area contributed by atoms with Crippen LogP contribution in [0, 0.1) is 0 Å². The summed E-state index contributed by atoms with van der Waals surface area (Å²) in [4.78, 5) is 36.8. The van der Waals surface area contributed by atoms with Crippen LogP contribution < -0.4 is 10.6 Å². The number of halogens is 2. The highest BCUT2D eigenvalue weighted by atomic mass is 35.5. The molecule has 1 fully saturated rings. The van der Waals surface area contributed by atoms with Crippen molar-refractivity contribution in [3.8, 4) is 0 Å². The van der Waals surface area contributed by atoms with Crippen LogP contribution in [0.1, 0.15) is 50.1 Å². The minimum atomic E-state index is -0.175. The van der Waals surface area contributed by atoms with Gasteiger partial charge < -0.3 is 20.5 Å². The minimum Gasteiger partial charge on any atom is -0.351 e. The lowest BCUT2D eigenvalue weighted by Crippen LogP contribution is -2.48. The molecule has 3 heterocycles. The van der Waals surface area contributed by atoms with E-state index in [0.717, 1.165) is 55.4 Å². The highest BCUT2D eigenvalue weighted by Gasteiger charge is 2.32. The van der Waals surface area contributed by atoms with Gasteiger partial charge in [0, 0.05) is 52.4 Å². The number of carbonyl (C=O) groups excluding carboxylic acids is 2. The van der Waals surface area contributed by atoms with E-state index in [2.05, 4.69) is 32.5 Å². The minimum absolute atomic E-state index is 0. The number of aromatic nitrogens is 2. The molecule has 3 N–H and O–H groups in total. The van der Waals surface area contributed by atoms with Gasteiger partial charge in [-0.25, -0.2) is 4.98 Å². The first-order valence-corrected chi connectivity index (χ1v) is 11.7. The molecule has 1 aliphatic heterocycles. The fraction of sp³-hybridized carbons (Fsp3) is 0.409. The Balaban J connectivity index is 0.00000245. The molecule has 2 aromatic heterocycles. The van der Waals surface area contributed by atoms with E-state index >= 15 is 0 Å². The average Bonchev–Trinajstić information content (AvgIpc) is 3.45. The zero-order chi connectivity index (χ0) is 21.5. The van der Waals surface area contributed by atoms with Crippen LogP contribution in [0.5, 0.6) is 0 Å². The molecule has 1 aliphatic carbocycles. The van der Waals surface area contributed by atoms with Gasteiger partial charge >= 0.3 is 0 Å². The smallest absolute Gasteiger partial charge is 0.280 e. The normalized spacial score (nSPS) is 20.6. The number of amides is 2. The third-order valence-electron chi connectivity index (χ3n) is 6.09. The van der Waals surface area contributed by atoms with E-state index < -0.39 is 0 Å². The second-order valence-corrected chi connectivity index (χ2v) is 9.90. The maximum absolute atomic E-state index is 12.8. The number of rotatable bonds is 4. The van der Waals surface area contributed by atoms with Gasteiger partial charge in [-0.05, 0) is 50.6 Å². The number of hydrogen-bond donors (Lipinski definition) is 3. The molecule has 0 saturated heterocycles. The standard InChI is InChI=1S/C22H24ClN5O2S.ClH/c1-28-8-7-17-19(11-28)31-22(27-17)21(30)26-16-4-2-3-15(16)25-20(29)18-10-12-9-13(23)5-6-14(12)24-18;/h5-6,9-10,15-16,24H,2-4,7-8,11H2,1H3,(H,25,29)(H,26,30);1H/t15-,16+;/m0./s1. The SMILES string of the molecule is CN1CCc2nc(C(=O)N[C@@H]3CCC[C@@H]3NC(=O)c3cc4cc(Cl)ccc4[nH]3)sc2C1.Cl. The van der Waals surface area contributed by atoms with E-state index in [1.165, 1.54) is 16.2 Å². The van der Waals surface area contributed by atoms with E-state index in [-0.39, 0.29) is 36.3 Å². The maximum atomic E-state index is 12.8. The Bertz CT molecular complexity index is 1160. The van der Waals surface area contributed by atoms with Crippen molar-refractivity contribution in [3.05, 3.63) is 50.6 Å². The fourth-order valence-corrected chi connectivity index (χ4v) is 5.70. The van der Waals surface area contributed by atoms with Crippen molar-refractivity contribution in [3.63, 3.8) is 0 Å². The van der Waals surface area contributed by atoms with Crippen molar-refractivity contribution in [2.24, 2.45) is 0 Å². The molecule has 3 aromatic rings. The summed E-state index contributed by atoms with van der Waals surface area (Å²) in [6.45, 7) is 1.81. The summed E-state index contributed by atoms with van der Waals surface area (Å²) in [6, 6.07) is 7.08. The predicted molar refractivity (Wildman–Crippen MR) is 129 cm³/mol. The molecule has 2 aliphatic rings. The number of thiazole rings is 1. The van der Waals surface area contributed by atoms with Crippen LogP contribution in [0.3, 0.4) is 0 Å². The number of benzene rings is 1. The number of carbonyl (C=O) groups is 2. The van der Waals surface area contributed by atoms with Gasteiger partial charge in [0.1, 0.15) is 5.69 Å². The summed E-state index contributed by atoms with van der Waals surface area (Å²) in [6.07, 6.45) is 3.51. The van der Waals surface area contributed by atoms with Crippen LogP contribution in [-0.4, -0.2) is 52.4 Å². The summed E-state index contributed by atoms with van der Waals surface area (Å²) in [5.41, 5.74) is 2.40. The molecular weight excluding hydrogens is 469 g/mol. The molecule has 0 bridgehead atoms. The van der Waals surface area contributed by atoms with Gasteiger partial charge in [-0.3, -0.25) is 9.59 Å². The Morgan fingerprint density at radius 1 is 1.19 bits per heavy atom. The van der Waals surface area contributed by atoms with Crippen molar-refractivity contribution in [1.82, 2.24) is 25.5 Å². The Kier molecular flexibility index (Phi) is 6.76. The molecule has 0 unspecified atom stereocenters. The number of nitrogens with one attached hydrogen (secondary N) is 3. The third kappa shape index (κ3) is 4.64. The van der Waals surface area contributed by atoms with Crippen molar-refractivity contribution in [2.75, 3.05) is 13.6 Å². The number of nitrogens with zero attached hydrogens (tertiary/aromatic N) is 2. The fourth-order valence-electron chi connectivity index (χ4n) is 4.43. The average molecular weight is 494 g/mol. The molecule has 1 saturated carbocycles. The molecule has 2 atom stereocenters. The monoisotopic (exact) mass is 493 g/mol. The quantitative estimate of drug-likeness (QED) is 0.515. The first kappa shape index (κ1) is 23.0. The van der Waals surface area contributed by atoms with Crippen LogP contribution in [-0.2, 0) is 13.0 Å². The molecule has 5 rings (SSSR count). The van der Waals surface area contributed by atoms with Crippen LogP contribution in [0.25, 0.3) is 10.9 Å². The number of H-pyrrole nitrogens is 1. The van der Waals surface area contributed by atoms with Crippen LogP contribution in [0.15, 0.2) is 24.3 Å². The van der Waals surface area contributed by atoms with Gasteiger partial charge in [0.05, 0.1) is 5.69 Å². The van der Waals surface area contributed by atoms with Gasteiger partial charge in [0.25, 0.3) is 11.8 Å². The van der Waals surface area contributed by atoms with Crippen molar-refractivity contribution < 1.29 is 9.59 Å². The lowest BCUT2D eigenvalue weighted by Gasteiger charge is -2.21. The molecule has 7 nitrogen and oxygen atoms in total. The Morgan fingerprint density at radius 2 is 1.94 bits per heavy atom. The summed E-state index contributed by atoms with van der Waals surface area (Å²) in [5, 5.41) is 8.25. The van der Waals surface area contributed by atoms with E-state index in [1.807, 2.05) is 12.1 Å². The molecule has 0 spiro atoms. The van der Waals surface area contributed by atoms with Crippen molar-refractivity contribution >= 4 is 58.1 Å². The molecule has 0 radical (unpaired) electrons. The molecule has 2 amide bonds. The molecular formula is C22H25Cl2N5O2S. The van der Waals surface area contributed by atoms with Crippen molar-refractivity contribution in [2.45, 2.75) is 44.3 Å². The van der Waals surface area contributed by atoms with E-state index in [9.17, 15) is 9.59 Å². The number of likely N-dealkylation sites (N-methyl/N-ethyl adjacent to an activating group) is 1. The maximum Gasteiger partial charge on any atom is 0.280 e.